The second kappa shape index (κ2) is 9.94. The van der Waals surface area contributed by atoms with E-state index >= 15 is 0 Å². The first-order valence-corrected chi connectivity index (χ1v) is 10.3. The maximum absolute atomic E-state index is 13.4. The average molecular weight is 417 g/mol. The highest BCUT2D eigenvalue weighted by Gasteiger charge is 2.28. The van der Waals surface area contributed by atoms with Gasteiger partial charge >= 0.3 is 6.09 Å². The summed E-state index contributed by atoms with van der Waals surface area (Å²) in [6.07, 6.45) is -0.646. The molecule has 0 spiro atoms. The molecule has 2 amide bonds. The van der Waals surface area contributed by atoms with Gasteiger partial charge in [-0.2, -0.15) is 0 Å². The van der Waals surface area contributed by atoms with Crippen molar-refractivity contribution in [3.8, 4) is 0 Å². The molecule has 160 valence electrons. The summed E-state index contributed by atoms with van der Waals surface area (Å²) in [5.41, 5.74) is 1.90. The van der Waals surface area contributed by atoms with Crippen molar-refractivity contribution < 1.29 is 14.3 Å². The van der Waals surface area contributed by atoms with Crippen LogP contribution in [-0.4, -0.2) is 17.6 Å². The first-order valence-electron chi connectivity index (χ1n) is 10.3. The van der Waals surface area contributed by atoms with Crippen molar-refractivity contribution in [3.63, 3.8) is 0 Å². The molecule has 0 aromatic heterocycles. The number of nitrogens with one attached hydrogen (secondary N) is 2. The lowest BCUT2D eigenvalue weighted by atomic mass is 9.97. The van der Waals surface area contributed by atoms with Crippen LogP contribution in [0.2, 0.25) is 0 Å². The van der Waals surface area contributed by atoms with Crippen LogP contribution in [-0.2, 0) is 9.53 Å². The van der Waals surface area contributed by atoms with Gasteiger partial charge in [-0.25, -0.2) is 4.79 Å². The lowest BCUT2D eigenvalue weighted by Crippen LogP contribution is -2.43. The third-order valence-corrected chi connectivity index (χ3v) is 4.61. The normalized spacial score (nSPS) is 12.1. The van der Waals surface area contributed by atoms with Gasteiger partial charge in [0.25, 0.3) is 0 Å². The van der Waals surface area contributed by atoms with Crippen molar-refractivity contribution in [1.29, 1.82) is 0 Å². The third-order valence-electron chi connectivity index (χ3n) is 4.61. The van der Waals surface area contributed by atoms with E-state index < -0.39 is 17.7 Å². The largest absolute Gasteiger partial charge is 0.444 e. The maximum Gasteiger partial charge on any atom is 0.408 e. The Morgan fingerprint density at radius 2 is 1.10 bits per heavy atom. The smallest absolute Gasteiger partial charge is 0.408 e. The summed E-state index contributed by atoms with van der Waals surface area (Å²) < 4.78 is 5.38. The van der Waals surface area contributed by atoms with Gasteiger partial charge < -0.3 is 15.4 Å². The molecule has 0 aliphatic heterocycles. The minimum atomic E-state index is -0.897. The molecule has 3 aromatic carbocycles. The quantitative estimate of drug-likeness (QED) is 0.583. The van der Waals surface area contributed by atoms with Crippen LogP contribution in [0.1, 0.15) is 49.5 Å². The first-order chi connectivity index (χ1) is 14.8. The molecular formula is C26H28N2O3. The number of rotatable bonds is 6. The summed E-state index contributed by atoms with van der Waals surface area (Å²) in [5, 5.41) is 5.83. The van der Waals surface area contributed by atoms with Crippen molar-refractivity contribution in [2.45, 2.75) is 38.5 Å². The summed E-state index contributed by atoms with van der Waals surface area (Å²) in [4.78, 5) is 25.9. The molecule has 5 heteroatoms. The Hall–Kier alpha value is -3.60. The van der Waals surface area contributed by atoms with Gasteiger partial charge in [-0.1, -0.05) is 91.0 Å². The van der Waals surface area contributed by atoms with E-state index in [4.69, 9.17) is 4.74 Å². The van der Waals surface area contributed by atoms with Crippen LogP contribution < -0.4 is 10.6 Å². The molecule has 3 aromatic rings. The predicted molar refractivity (Wildman–Crippen MR) is 121 cm³/mol. The van der Waals surface area contributed by atoms with Gasteiger partial charge in [0.15, 0.2) is 0 Å². The highest BCUT2D eigenvalue weighted by atomic mass is 16.6. The Labute approximate surface area is 183 Å². The van der Waals surface area contributed by atoms with Gasteiger partial charge in [0, 0.05) is 0 Å². The van der Waals surface area contributed by atoms with Gasteiger partial charge in [-0.15, -0.1) is 0 Å². The van der Waals surface area contributed by atoms with Crippen LogP contribution in [0.4, 0.5) is 4.79 Å². The molecule has 2 N–H and O–H groups in total. The van der Waals surface area contributed by atoms with E-state index in [9.17, 15) is 9.59 Å². The number of hydrogen-bond acceptors (Lipinski definition) is 3. The first kappa shape index (κ1) is 22.1. The maximum atomic E-state index is 13.4. The summed E-state index contributed by atoms with van der Waals surface area (Å²) in [5.74, 6) is -0.324. The fourth-order valence-electron chi connectivity index (χ4n) is 3.25. The summed E-state index contributed by atoms with van der Waals surface area (Å²) in [6, 6.07) is 27.4. The number of amides is 2. The molecule has 0 aliphatic rings. The predicted octanol–water partition coefficient (Wildman–Crippen LogP) is 5.16. The van der Waals surface area contributed by atoms with Crippen LogP contribution in [0.15, 0.2) is 91.0 Å². The van der Waals surface area contributed by atoms with Crippen molar-refractivity contribution in [3.05, 3.63) is 108 Å². The highest BCUT2D eigenvalue weighted by Crippen LogP contribution is 2.24. The van der Waals surface area contributed by atoms with E-state index in [0.29, 0.717) is 5.56 Å². The van der Waals surface area contributed by atoms with E-state index in [0.717, 1.165) is 11.1 Å². The fraction of sp³-hybridized carbons (Fsp3) is 0.231. The molecule has 0 unspecified atom stereocenters. The van der Waals surface area contributed by atoms with Crippen molar-refractivity contribution in [2.75, 3.05) is 0 Å². The van der Waals surface area contributed by atoms with E-state index in [1.54, 1.807) is 20.8 Å². The minimum Gasteiger partial charge on any atom is -0.444 e. The Morgan fingerprint density at radius 1 is 0.677 bits per heavy atom. The van der Waals surface area contributed by atoms with Crippen LogP contribution in [0.5, 0.6) is 0 Å². The van der Waals surface area contributed by atoms with Crippen LogP contribution in [0.3, 0.4) is 0 Å². The second-order valence-electron chi connectivity index (χ2n) is 8.25. The SMILES string of the molecule is CC(C)(C)OC(=O)N[C@H](C(=O)NC(c1ccccc1)c1ccccc1)c1ccccc1. The molecular weight excluding hydrogens is 388 g/mol. The second-order valence-corrected chi connectivity index (χ2v) is 8.25. The molecule has 0 saturated heterocycles. The third kappa shape index (κ3) is 6.44. The van der Waals surface area contributed by atoms with Gasteiger partial charge in [-0.05, 0) is 37.5 Å². The molecule has 0 heterocycles. The Kier molecular flexibility index (Phi) is 7.08. The molecule has 0 aliphatic carbocycles. The lowest BCUT2D eigenvalue weighted by molar-refractivity contribution is -0.123. The van der Waals surface area contributed by atoms with E-state index in [2.05, 4.69) is 10.6 Å². The van der Waals surface area contributed by atoms with Crippen LogP contribution in [0, 0.1) is 0 Å². The zero-order valence-electron chi connectivity index (χ0n) is 18.0. The van der Waals surface area contributed by atoms with Crippen molar-refractivity contribution >= 4 is 12.0 Å². The molecule has 1 atom stereocenters. The number of carbonyl (C=O) groups is 2. The van der Waals surface area contributed by atoms with E-state index in [1.165, 1.54) is 0 Å². The van der Waals surface area contributed by atoms with E-state index in [-0.39, 0.29) is 11.9 Å². The number of hydrogen-bond donors (Lipinski definition) is 2. The molecule has 0 radical (unpaired) electrons. The summed E-state index contributed by atoms with van der Waals surface area (Å²) >= 11 is 0. The molecule has 0 fully saturated rings. The van der Waals surface area contributed by atoms with Gasteiger partial charge in [0.2, 0.25) is 5.91 Å². The monoisotopic (exact) mass is 416 g/mol. The number of carbonyl (C=O) groups excluding carboxylic acids is 2. The van der Waals surface area contributed by atoms with E-state index in [1.807, 2.05) is 91.0 Å². The molecule has 5 nitrogen and oxygen atoms in total. The zero-order chi connectivity index (χ0) is 22.3. The van der Waals surface area contributed by atoms with Crippen molar-refractivity contribution in [1.82, 2.24) is 10.6 Å². The average Bonchev–Trinajstić information content (AvgIpc) is 2.76. The molecule has 3 rings (SSSR count). The Balaban J connectivity index is 1.89. The fourth-order valence-corrected chi connectivity index (χ4v) is 3.25. The standard InChI is InChI=1S/C26H28N2O3/c1-26(2,3)31-25(30)28-23(21-17-11-6-12-18-21)24(29)27-22(19-13-7-4-8-14-19)20-15-9-5-10-16-20/h4-18,22-23H,1-3H3,(H,27,29)(H,28,30)/t23-/m0/s1. The molecule has 0 bridgehead atoms. The number of alkyl carbamates (subject to hydrolysis) is 1. The summed E-state index contributed by atoms with van der Waals surface area (Å²) in [7, 11) is 0. The van der Waals surface area contributed by atoms with Crippen LogP contribution >= 0.6 is 0 Å². The molecule has 31 heavy (non-hydrogen) atoms. The summed E-state index contributed by atoms with van der Waals surface area (Å²) in [6.45, 7) is 5.35. The minimum absolute atomic E-state index is 0.324. The van der Waals surface area contributed by atoms with Gasteiger partial charge in [0.05, 0.1) is 6.04 Å². The number of benzene rings is 3. The lowest BCUT2D eigenvalue weighted by Gasteiger charge is -2.26. The van der Waals surface area contributed by atoms with Crippen LogP contribution in [0.25, 0.3) is 0 Å². The van der Waals surface area contributed by atoms with Gasteiger partial charge in [-0.3, -0.25) is 4.79 Å². The zero-order valence-corrected chi connectivity index (χ0v) is 18.0. The molecule has 0 saturated carbocycles. The Bertz CT molecular complexity index is 944. The number of ether oxygens (including phenoxy) is 1. The van der Waals surface area contributed by atoms with Crippen molar-refractivity contribution in [2.24, 2.45) is 0 Å². The van der Waals surface area contributed by atoms with Gasteiger partial charge in [0.1, 0.15) is 11.6 Å². The Morgan fingerprint density at radius 3 is 1.52 bits per heavy atom. The highest BCUT2D eigenvalue weighted by molar-refractivity contribution is 5.87. The topological polar surface area (TPSA) is 67.4 Å².